The Kier molecular flexibility index (Phi) is 7.04. The highest BCUT2D eigenvalue weighted by molar-refractivity contribution is 8.00. The highest BCUT2D eigenvalue weighted by Gasteiger charge is 2.30. The number of anilines is 1. The molecule has 2 aromatic rings. The lowest BCUT2D eigenvalue weighted by Crippen LogP contribution is -2.14. The Morgan fingerprint density at radius 3 is 2.81 bits per heavy atom. The van der Waals surface area contributed by atoms with Gasteiger partial charge >= 0.3 is 12.1 Å². The Balaban J connectivity index is 1.86. The van der Waals surface area contributed by atoms with Crippen LogP contribution >= 0.6 is 23.1 Å². The predicted molar refractivity (Wildman–Crippen MR) is 93.2 cm³/mol. The average molecular weight is 404 g/mol. The van der Waals surface area contributed by atoms with Crippen LogP contribution in [0.5, 0.6) is 0 Å². The van der Waals surface area contributed by atoms with E-state index in [0.29, 0.717) is 15.7 Å². The second-order valence-corrected chi connectivity index (χ2v) is 6.90. The molecule has 1 amide bonds. The van der Waals surface area contributed by atoms with E-state index in [0.717, 1.165) is 35.2 Å². The summed E-state index contributed by atoms with van der Waals surface area (Å²) in [6.45, 7) is 1.98. The first-order valence-electron chi connectivity index (χ1n) is 7.48. The van der Waals surface area contributed by atoms with E-state index in [2.05, 4.69) is 10.3 Å². The van der Waals surface area contributed by atoms with Gasteiger partial charge in [0.15, 0.2) is 5.13 Å². The maximum absolute atomic E-state index is 12.7. The van der Waals surface area contributed by atoms with Crippen LogP contribution in [0.25, 0.3) is 0 Å². The highest BCUT2D eigenvalue weighted by atomic mass is 32.2. The highest BCUT2D eigenvalue weighted by Crippen LogP contribution is 2.31. The minimum atomic E-state index is -4.42. The predicted octanol–water partition coefficient (Wildman–Crippen LogP) is 4.00. The first-order chi connectivity index (χ1) is 12.3. The van der Waals surface area contributed by atoms with Crippen molar-refractivity contribution in [1.29, 1.82) is 0 Å². The van der Waals surface area contributed by atoms with Crippen molar-refractivity contribution in [3.8, 4) is 0 Å². The number of rotatable bonds is 7. The molecular weight excluding hydrogens is 389 g/mol. The number of carbonyl (C=O) groups is 2. The Morgan fingerprint density at radius 1 is 1.35 bits per heavy atom. The largest absolute Gasteiger partial charge is 0.466 e. The van der Waals surface area contributed by atoms with E-state index in [1.807, 2.05) is 0 Å². The normalized spacial score (nSPS) is 11.2. The molecule has 0 saturated heterocycles. The van der Waals surface area contributed by atoms with Gasteiger partial charge in [-0.15, -0.1) is 23.1 Å². The summed E-state index contributed by atoms with van der Waals surface area (Å²) in [5.74, 6) is -0.867. The van der Waals surface area contributed by atoms with Crippen LogP contribution in [0.2, 0.25) is 0 Å². The number of thioether (sulfide) groups is 1. The molecule has 0 aliphatic carbocycles. The summed E-state index contributed by atoms with van der Waals surface area (Å²) in [6, 6.07) is 4.78. The molecule has 0 saturated carbocycles. The number of aromatic nitrogens is 1. The van der Waals surface area contributed by atoms with Gasteiger partial charge in [-0.1, -0.05) is 6.07 Å². The number of alkyl halides is 3. The van der Waals surface area contributed by atoms with Crippen LogP contribution in [0, 0.1) is 0 Å². The molecule has 1 N–H and O–H groups in total. The quantitative estimate of drug-likeness (QED) is 0.558. The van der Waals surface area contributed by atoms with E-state index in [-0.39, 0.29) is 18.8 Å². The first kappa shape index (κ1) is 20.2. The lowest BCUT2D eigenvalue weighted by Gasteiger charge is -2.08. The van der Waals surface area contributed by atoms with Gasteiger partial charge in [0.2, 0.25) is 5.91 Å². The Hall–Kier alpha value is -2.07. The van der Waals surface area contributed by atoms with Crippen molar-refractivity contribution >= 4 is 40.1 Å². The third-order valence-corrected chi connectivity index (χ3v) is 4.76. The van der Waals surface area contributed by atoms with Crippen LogP contribution in [0.4, 0.5) is 18.3 Å². The fourth-order valence-electron chi connectivity index (χ4n) is 1.87. The molecule has 0 fully saturated rings. The zero-order valence-electron chi connectivity index (χ0n) is 13.6. The molecule has 26 heavy (non-hydrogen) atoms. The molecular formula is C16H15F3N2O3S2. The van der Waals surface area contributed by atoms with Crippen LogP contribution < -0.4 is 5.32 Å². The summed E-state index contributed by atoms with van der Waals surface area (Å²) in [4.78, 5) is 27.7. The molecule has 2 rings (SSSR count). The van der Waals surface area contributed by atoms with Gasteiger partial charge in [0.1, 0.15) is 0 Å². The van der Waals surface area contributed by atoms with Crippen molar-refractivity contribution < 1.29 is 27.5 Å². The number of esters is 1. The number of hydrogen-bond acceptors (Lipinski definition) is 6. The van der Waals surface area contributed by atoms with Crippen molar-refractivity contribution in [2.24, 2.45) is 0 Å². The SMILES string of the molecule is CCOC(=O)Cc1csc(NC(=O)CSc2cccc(C(F)(F)F)c2)n1. The zero-order valence-corrected chi connectivity index (χ0v) is 15.3. The summed E-state index contributed by atoms with van der Waals surface area (Å²) in [7, 11) is 0. The number of amides is 1. The smallest absolute Gasteiger partial charge is 0.416 e. The molecule has 1 heterocycles. The van der Waals surface area contributed by atoms with Gasteiger partial charge in [-0.2, -0.15) is 13.2 Å². The molecule has 0 radical (unpaired) electrons. The monoisotopic (exact) mass is 404 g/mol. The van der Waals surface area contributed by atoms with Gasteiger partial charge in [-0.25, -0.2) is 4.98 Å². The molecule has 0 unspecified atom stereocenters. The van der Waals surface area contributed by atoms with Crippen LogP contribution in [0.1, 0.15) is 18.2 Å². The second-order valence-electron chi connectivity index (χ2n) is 4.99. The van der Waals surface area contributed by atoms with Crippen LogP contribution in [-0.2, 0) is 26.9 Å². The molecule has 140 valence electrons. The minimum absolute atomic E-state index is 0.0131. The van der Waals surface area contributed by atoms with Gasteiger partial charge in [-0.05, 0) is 25.1 Å². The number of hydrogen-bond donors (Lipinski definition) is 1. The third-order valence-electron chi connectivity index (χ3n) is 2.96. The first-order valence-corrected chi connectivity index (χ1v) is 9.34. The molecule has 5 nitrogen and oxygen atoms in total. The van der Waals surface area contributed by atoms with Crippen LogP contribution in [0.3, 0.4) is 0 Å². The molecule has 0 spiro atoms. The lowest BCUT2D eigenvalue weighted by molar-refractivity contribution is -0.142. The lowest BCUT2D eigenvalue weighted by atomic mass is 10.2. The zero-order chi connectivity index (χ0) is 19.2. The fourth-order valence-corrected chi connectivity index (χ4v) is 3.35. The van der Waals surface area contributed by atoms with Crippen LogP contribution in [0.15, 0.2) is 34.5 Å². The minimum Gasteiger partial charge on any atom is -0.466 e. The van der Waals surface area contributed by atoms with Gasteiger partial charge < -0.3 is 10.1 Å². The van der Waals surface area contributed by atoms with Crippen molar-refractivity contribution in [3.05, 3.63) is 40.9 Å². The van der Waals surface area contributed by atoms with E-state index in [1.165, 1.54) is 12.1 Å². The summed E-state index contributed by atoms with van der Waals surface area (Å²) in [5, 5.41) is 4.51. The fraction of sp³-hybridized carbons (Fsp3) is 0.312. The summed E-state index contributed by atoms with van der Waals surface area (Å²) in [6.07, 6.45) is -4.41. The van der Waals surface area contributed by atoms with Crippen LogP contribution in [-0.4, -0.2) is 29.2 Å². The maximum atomic E-state index is 12.7. The summed E-state index contributed by atoms with van der Waals surface area (Å²) < 4.78 is 42.8. The Labute approximate surface area is 156 Å². The number of halogens is 3. The Morgan fingerprint density at radius 2 is 2.12 bits per heavy atom. The topological polar surface area (TPSA) is 68.3 Å². The van der Waals surface area contributed by atoms with E-state index < -0.39 is 23.6 Å². The number of carbonyl (C=O) groups excluding carboxylic acids is 2. The van der Waals surface area contributed by atoms with Gasteiger partial charge in [0, 0.05) is 10.3 Å². The van der Waals surface area contributed by atoms with Gasteiger partial charge in [0.05, 0.1) is 30.0 Å². The number of nitrogens with one attached hydrogen (secondary N) is 1. The standard InChI is InChI=1S/C16H15F3N2O3S2/c1-2-24-14(23)7-11-8-26-15(20-11)21-13(22)9-25-12-5-3-4-10(6-12)16(17,18)19/h3-6,8H,2,7,9H2,1H3,(H,20,21,22). The van der Waals surface area contributed by atoms with E-state index in [9.17, 15) is 22.8 Å². The molecule has 0 atom stereocenters. The second kappa shape index (κ2) is 9.04. The molecule has 1 aromatic carbocycles. The van der Waals surface area contributed by atoms with E-state index in [1.54, 1.807) is 12.3 Å². The summed E-state index contributed by atoms with van der Waals surface area (Å²) >= 11 is 2.15. The van der Waals surface area contributed by atoms with Crippen molar-refractivity contribution in [3.63, 3.8) is 0 Å². The number of nitrogens with zero attached hydrogens (tertiary/aromatic N) is 1. The van der Waals surface area contributed by atoms with E-state index >= 15 is 0 Å². The molecule has 0 aliphatic rings. The maximum Gasteiger partial charge on any atom is 0.416 e. The van der Waals surface area contributed by atoms with Gasteiger partial charge in [-0.3, -0.25) is 9.59 Å². The van der Waals surface area contributed by atoms with Crippen molar-refractivity contribution in [2.75, 3.05) is 17.7 Å². The molecule has 1 aromatic heterocycles. The third kappa shape index (κ3) is 6.34. The van der Waals surface area contributed by atoms with Gasteiger partial charge in [0.25, 0.3) is 0 Å². The van der Waals surface area contributed by atoms with E-state index in [4.69, 9.17) is 4.74 Å². The number of ether oxygens (including phenoxy) is 1. The van der Waals surface area contributed by atoms with Crippen molar-refractivity contribution in [1.82, 2.24) is 4.98 Å². The average Bonchev–Trinajstić information content (AvgIpc) is 2.99. The van der Waals surface area contributed by atoms with Crippen molar-refractivity contribution in [2.45, 2.75) is 24.4 Å². The Bertz CT molecular complexity index is 778. The molecule has 0 aliphatic heterocycles. The number of thiazole rings is 1. The summed E-state index contributed by atoms with van der Waals surface area (Å²) in [5.41, 5.74) is -0.277. The molecule has 0 bridgehead atoms. The number of benzene rings is 1. The molecule has 10 heteroatoms.